The highest BCUT2D eigenvalue weighted by atomic mass is 16.6. The van der Waals surface area contributed by atoms with E-state index in [1.807, 2.05) is 12.1 Å². The minimum absolute atomic E-state index is 0.0961. The smallest absolute Gasteiger partial charge is 0.376 e. The summed E-state index contributed by atoms with van der Waals surface area (Å²) in [5, 5.41) is 5.04. The molecule has 1 N–H and O–H groups in total. The van der Waals surface area contributed by atoms with Crippen LogP contribution in [0.15, 0.2) is 42.5 Å². The molecule has 2 aromatic rings. The van der Waals surface area contributed by atoms with Crippen molar-refractivity contribution in [2.24, 2.45) is 5.92 Å². The van der Waals surface area contributed by atoms with E-state index in [-0.39, 0.29) is 11.9 Å². The van der Waals surface area contributed by atoms with Gasteiger partial charge in [-0.3, -0.25) is 4.79 Å². The summed E-state index contributed by atoms with van der Waals surface area (Å²) < 4.78 is 4.85. The minimum Gasteiger partial charge on any atom is -0.376 e. The molecule has 0 radical (unpaired) electrons. The van der Waals surface area contributed by atoms with Gasteiger partial charge in [0.05, 0.1) is 5.92 Å². The fourth-order valence-corrected chi connectivity index (χ4v) is 3.08. The lowest BCUT2D eigenvalue weighted by Crippen LogP contribution is -2.30. The molecule has 3 rings (SSSR count). The van der Waals surface area contributed by atoms with Gasteiger partial charge in [-0.1, -0.05) is 55.3 Å². The van der Waals surface area contributed by atoms with E-state index in [2.05, 4.69) is 35.6 Å². The zero-order valence-electron chi connectivity index (χ0n) is 13.1. The summed E-state index contributed by atoms with van der Waals surface area (Å²) in [6, 6.07) is 14.4. The Hall–Kier alpha value is -2.36. The summed E-state index contributed by atoms with van der Waals surface area (Å²) in [4.78, 5) is 23.4. The normalized spacial score (nSPS) is 14.8. The van der Waals surface area contributed by atoms with E-state index in [9.17, 15) is 9.59 Å². The fraction of sp³-hybridized carbons (Fsp3) is 0.368. The number of nitrogens with one attached hydrogen (secondary N) is 1. The number of esters is 1. The van der Waals surface area contributed by atoms with Gasteiger partial charge in [-0.05, 0) is 35.6 Å². The largest absolute Gasteiger partial charge is 0.414 e. The number of amides is 1. The van der Waals surface area contributed by atoms with Crippen molar-refractivity contribution >= 4 is 22.8 Å². The van der Waals surface area contributed by atoms with Crippen molar-refractivity contribution in [3.8, 4) is 0 Å². The number of alkyl carbamates (subject to hydrolysis) is 1. The molecule has 23 heavy (non-hydrogen) atoms. The number of carbonyl (C=O) groups is 2. The molecule has 1 amide bonds. The molecule has 0 unspecified atom stereocenters. The third-order valence-corrected chi connectivity index (χ3v) is 4.38. The first-order valence-electron chi connectivity index (χ1n) is 8.19. The van der Waals surface area contributed by atoms with E-state index < -0.39 is 6.09 Å². The molecule has 4 nitrogen and oxygen atoms in total. The van der Waals surface area contributed by atoms with Crippen LogP contribution in [0.2, 0.25) is 0 Å². The number of benzene rings is 2. The zero-order chi connectivity index (χ0) is 16.1. The van der Waals surface area contributed by atoms with E-state index in [4.69, 9.17) is 4.74 Å². The predicted molar refractivity (Wildman–Crippen MR) is 89.1 cm³/mol. The molecule has 2 aromatic carbocycles. The highest BCUT2D eigenvalue weighted by Gasteiger charge is 2.25. The van der Waals surface area contributed by atoms with E-state index >= 15 is 0 Å². The lowest BCUT2D eigenvalue weighted by molar-refractivity contribution is -0.141. The maximum atomic E-state index is 11.8. The van der Waals surface area contributed by atoms with Crippen molar-refractivity contribution in [1.82, 2.24) is 5.32 Å². The first-order valence-corrected chi connectivity index (χ1v) is 8.19. The van der Waals surface area contributed by atoms with Crippen LogP contribution >= 0.6 is 0 Å². The van der Waals surface area contributed by atoms with Crippen LogP contribution in [-0.4, -0.2) is 18.6 Å². The Morgan fingerprint density at radius 3 is 2.57 bits per heavy atom. The van der Waals surface area contributed by atoms with Gasteiger partial charge >= 0.3 is 12.1 Å². The number of hydrogen-bond donors (Lipinski definition) is 1. The van der Waals surface area contributed by atoms with Crippen LogP contribution in [0.4, 0.5) is 4.79 Å². The van der Waals surface area contributed by atoms with Gasteiger partial charge in [0.2, 0.25) is 0 Å². The first kappa shape index (κ1) is 15.5. The molecule has 0 atom stereocenters. The molecule has 1 saturated carbocycles. The van der Waals surface area contributed by atoms with Crippen LogP contribution < -0.4 is 5.32 Å². The Labute approximate surface area is 135 Å². The molecule has 1 aliphatic carbocycles. The van der Waals surface area contributed by atoms with Crippen LogP contribution in [0, 0.1) is 5.92 Å². The molecule has 1 fully saturated rings. The van der Waals surface area contributed by atoms with E-state index in [1.165, 1.54) is 10.8 Å². The van der Waals surface area contributed by atoms with Crippen molar-refractivity contribution in [3.63, 3.8) is 0 Å². The summed E-state index contributed by atoms with van der Waals surface area (Å²) in [5.41, 5.74) is 1.14. The molecule has 0 aromatic heterocycles. The van der Waals surface area contributed by atoms with Gasteiger partial charge in [-0.25, -0.2) is 4.79 Å². The Morgan fingerprint density at radius 2 is 1.78 bits per heavy atom. The second-order valence-corrected chi connectivity index (χ2v) is 6.05. The molecule has 0 spiro atoms. The van der Waals surface area contributed by atoms with Crippen LogP contribution in [0.1, 0.15) is 31.2 Å². The summed E-state index contributed by atoms with van der Waals surface area (Å²) in [6.07, 6.45) is 3.83. The number of rotatable bonds is 4. The van der Waals surface area contributed by atoms with Crippen molar-refractivity contribution in [3.05, 3.63) is 48.0 Å². The standard InChI is InChI=1S/C19H21NO3/c21-18(16-6-2-3-7-16)23-19(22)20-12-11-14-9-10-15-5-1-4-8-17(15)13-14/h1,4-5,8-10,13,16H,2-3,6-7,11-12H2,(H,20,22). The maximum Gasteiger partial charge on any atom is 0.414 e. The number of ether oxygens (including phenoxy) is 1. The van der Waals surface area contributed by atoms with Gasteiger partial charge < -0.3 is 10.1 Å². The number of fused-ring (bicyclic) bond motifs is 1. The minimum atomic E-state index is -0.636. The summed E-state index contributed by atoms with van der Waals surface area (Å²) >= 11 is 0. The van der Waals surface area contributed by atoms with E-state index in [0.717, 1.165) is 31.2 Å². The summed E-state index contributed by atoms with van der Waals surface area (Å²) in [7, 11) is 0. The van der Waals surface area contributed by atoms with Gasteiger partial charge in [0.1, 0.15) is 0 Å². The highest BCUT2D eigenvalue weighted by Crippen LogP contribution is 2.25. The molecule has 4 heteroatoms. The number of carbonyl (C=O) groups excluding carboxylic acids is 2. The molecule has 0 saturated heterocycles. The SMILES string of the molecule is O=C(NCCc1ccc2ccccc2c1)OC(=O)C1CCCC1. The quantitative estimate of drug-likeness (QED) is 0.690. The van der Waals surface area contributed by atoms with Crippen LogP contribution in [0.5, 0.6) is 0 Å². The summed E-state index contributed by atoms with van der Waals surface area (Å²) in [6.45, 7) is 0.453. The first-order chi connectivity index (χ1) is 11.2. The van der Waals surface area contributed by atoms with Crippen molar-refractivity contribution in [2.75, 3.05) is 6.54 Å². The monoisotopic (exact) mass is 311 g/mol. The molecular formula is C19H21NO3. The van der Waals surface area contributed by atoms with Crippen LogP contribution in [0.3, 0.4) is 0 Å². The molecular weight excluding hydrogens is 290 g/mol. The van der Waals surface area contributed by atoms with Gasteiger partial charge in [-0.2, -0.15) is 0 Å². The number of hydrogen-bond acceptors (Lipinski definition) is 3. The third kappa shape index (κ3) is 4.09. The van der Waals surface area contributed by atoms with Gasteiger partial charge in [-0.15, -0.1) is 0 Å². The molecule has 0 bridgehead atoms. The Kier molecular flexibility index (Phi) is 4.91. The Balaban J connectivity index is 1.46. The molecule has 0 heterocycles. The molecule has 1 aliphatic rings. The lowest BCUT2D eigenvalue weighted by Gasteiger charge is -2.09. The topological polar surface area (TPSA) is 55.4 Å². The van der Waals surface area contributed by atoms with Crippen molar-refractivity contribution < 1.29 is 14.3 Å². The van der Waals surface area contributed by atoms with Gasteiger partial charge in [0.25, 0.3) is 0 Å². The van der Waals surface area contributed by atoms with Crippen LogP contribution in [0.25, 0.3) is 10.8 Å². The third-order valence-electron chi connectivity index (χ3n) is 4.38. The lowest BCUT2D eigenvalue weighted by atomic mass is 10.1. The second-order valence-electron chi connectivity index (χ2n) is 6.05. The van der Waals surface area contributed by atoms with Crippen LogP contribution in [-0.2, 0) is 16.0 Å². The second kappa shape index (κ2) is 7.27. The van der Waals surface area contributed by atoms with Crippen molar-refractivity contribution in [1.29, 1.82) is 0 Å². The Morgan fingerprint density at radius 1 is 1.04 bits per heavy atom. The maximum absolute atomic E-state index is 11.8. The van der Waals surface area contributed by atoms with Gasteiger partial charge in [0, 0.05) is 6.54 Å². The average Bonchev–Trinajstić information content (AvgIpc) is 3.09. The highest BCUT2D eigenvalue weighted by molar-refractivity contribution is 5.86. The average molecular weight is 311 g/mol. The predicted octanol–water partition coefficient (Wildman–Crippen LogP) is 3.83. The van der Waals surface area contributed by atoms with Gasteiger partial charge in [0.15, 0.2) is 0 Å². The Bertz CT molecular complexity index is 705. The fourth-order valence-electron chi connectivity index (χ4n) is 3.08. The van der Waals surface area contributed by atoms with E-state index in [0.29, 0.717) is 13.0 Å². The zero-order valence-corrected chi connectivity index (χ0v) is 13.1. The summed E-state index contributed by atoms with van der Waals surface area (Å²) in [5.74, 6) is -0.480. The van der Waals surface area contributed by atoms with E-state index in [1.54, 1.807) is 0 Å². The van der Waals surface area contributed by atoms with Crippen molar-refractivity contribution in [2.45, 2.75) is 32.1 Å². The molecule has 0 aliphatic heterocycles. The molecule has 120 valence electrons.